The number of rotatable bonds is 10. The van der Waals surface area contributed by atoms with Gasteiger partial charge in [-0.3, -0.25) is 14.8 Å². The third-order valence-corrected chi connectivity index (χ3v) is 7.35. The molecule has 1 aliphatic carbocycles. The topological polar surface area (TPSA) is 151 Å². The number of hydroxylamine groups is 1. The van der Waals surface area contributed by atoms with Gasteiger partial charge in [0.25, 0.3) is 15.8 Å². The van der Waals surface area contributed by atoms with Crippen molar-refractivity contribution in [3.8, 4) is 0 Å². The normalized spacial score (nSPS) is 15.7. The summed E-state index contributed by atoms with van der Waals surface area (Å²) in [5.74, 6) is -1.85. The van der Waals surface area contributed by atoms with E-state index in [0.717, 1.165) is 18.4 Å². The molecule has 1 fully saturated rings. The molecule has 0 bridgehead atoms. The monoisotopic (exact) mass is 478 g/mol. The molecule has 1 atom stereocenters. The molecule has 33 heavy (non-hydrogen) atoms. The molecule has 1 heterocycles. The zero-order chi connectivity index (χ0) is 23.8. The van der Waals surface area contributed by atoms with Crippen LogP contribution in [-0.2, 0) is 14.8 Å². The van der Waals surface area contributed by atoms with Crippen molar-refractivity contribution in [3.05, 3.63) is 41.5 Å². The fourth-order valence-electron chi connectivity index (χ4n) is 4.15. The Hall–Kier alpha value is -2.79. The molecule has 3 rings (SSSR count). The Morgan fingerprint density at radius 2 is 1.88 bits per heavy atom. The third-order valence-electron chi connectivity index (χ3n) is 6.00. The largest absolute Gasteiger partial charge is 0.338 e. The van der Waals surface area contributed by atoms with E-state index in [0.29, 0.717) is 12.3 Å². The molecule has 0 saturated heterocycles. The minimum absolute atomic E-state index is 0.0557. The summed E-state index contributed by atoms with van der Waals surface area (Å²) in [4.78, 5) is 28.2. The van der Waals surface area contributed by atoms with Crippen molar-refractivity contribution in [3.63, 3.8) is 0 Å². The van der Waals surface area contributed by atoms with E-state index < -0.39 is 33.6 Å². The number of aryl methyl sites for hydroxylation is 1. The average molecular weight is 479 g/mol. The lowest BCUT2D eigenvalue weighted by Crippen LogP contribution is -2.31. The smallest absolute Gasteiger partial charge is 0.306 e. The zero-order valence-electron chi connectivity index (χ0n) is 18.6. The number of hydrogen-bond acceptors (Lipinski definition) is 8. The average Bonchev–Trinajstić information content (AvgIpc) is 3.29. The van der Waals surface area contributed by atoms with Crippen molar-refractivity contribution in [1.82, 2.24) is 20.3 Å². The number of amides is 2. The molecular formula is C22H30N4O6S. The highest BCUT2D eigenvalue weighted by Crippen LogP contribution is 2.31. The summed E-state index contributed by atoms with van der Waals surface area (Å²) in [5, 5.41) is 12.5. The second-order valence-corrected chi connectivity index (χ2v) is 10.3. The first-order chi connectivity index (χ1) is 15.8. The fraction of sp³-hybridized carbons (Fsp3) is 0.545. The summed E-state index contributed by atoms with van der Waals surface area (Å²) >= 11 is 0. The molecule has 0 unspecified atom stereocenters. The summed E-state index contributed by atoms with van der Waals surface area (Å²) < 4.78 is 32.0. The number of hydrogen-bond donors (Lipinski definition) is 3. The standard InChI is InChI=1S/C22H30N4O6S/c1-15-10-12-18(13-11-15)33(30,31)26-21(28)20-23-22(32-25-20)17(14-19(27)24-29)9-5-8-16-6-3-2-4-7-16/h10-13,16-17,29H,2-9,14H2,1H3,(H,24,27)(H,26,28)/t17-/m0/s1. The number of benzene rings is 1. The molecule has 11 heteroatoms. The summed E-state index contributed by atoms with van der Waals surface area (Å²) in [7, 11) is -4.10. The predicted octanol–water partition coefficient (Wildman–Crippen LogP) is 3.23. The summed E-state index contributed by atoms with van der Waals surface area (Å²) in [5.41, 5.74) is 2.48. The highest BCUT2D eigenvalue weighted by atomic mass is 32.2. The van der Waals surface area contributed by atoms with Crippen LogP contribution in [0.15, 0.2) is 33.7 Å². The highest BCUT2D eigenvalue weighted by molar-refractivity contribution is 7.90. The molecule has 1 saturated carbocycles. The van der Waals surface area contributed by atoms with Crippen molar-refractivity contribution in [1.29, 1.82) is 0 Å². The van der Waals surface area contributed by atoms with Crippen LogP contribution < -0.4 is 10.2 Å². The van der Waals surface area contributed by atoms with Crippen LogP contribution in [0.5, 0.6) is 0 Å². The van der Waals surface area contributed by atoms with Gasteiger partial charge in [-0.1, -0.05) is 67.8 Å². The first kappa shape index (κ1) is 24.8. The van der Waals surface area contributed by atoms with Gasteiger partial charge in [0, 0.05) is 12.3 Å². The third kappa shape index (κ3) is 7.10. The van der Waals surface area contributed by atoms with Gasteiger partial charge in [-0.05, 0) is 31.4 Å². The van der Waals surface area contributed by atoms with Crippen molar-refractivity contribution >= 4 is 21.8 Å². The minimum atomic E-state index is -4.10. The van der Waals surface area contributed by atoms with E-state index in [4.69, 9.17) is 9.73 Å². The first-order valence-corrected chi connectivity index (χ1v) is 12.7. The predicted molar refractivity (Wildman–Crippen MR) is 118 cm³/mol. The maximum absolute atomic E-state index is 12.4. The van der Waals surface area contributed by atoms with Crippen LogP contribution in [0.3, 0.4) is 0 Å². The minimum Gasteiger partial charge on any atom is -0.338 e. The van der Waals surface area contributed by atoms with Gasteiger partial charge < -0.3 is 4.52 Å². The van der Waals surface area contributed by atoms with Crippen LogP contribution in [0.4, 0.5) is 0 Å². The maximum Gasteiger partial charge on any atom is 0.306 e. The number of nitrogens with zero attached hydrogens (tertiary/aromatic N) is 2. The van der Waals surface area contributed by atoms with E-state index in [1.54, 1.807) is 17.6 Å². The molecule has 0 radical (unpaired) electrons. The van der Waals surface area contributed by atoms with Gasteiger partial charge in [-0.15, -0.1) is 0 Å². The van der Waals surface area contributed by atoms with Crippen molar-refractivity contribution in [2.45, 2.75) is 75.5 Å². The van der Waals surface area contributed by atoms with Gasteiger partial charge in [-0.2, -0.15) is 4.98 Å². The Labute approximate surface area is 193 Å². The van der Waals surface area contributed by atoms with Crippen LogP contribution in [0.25, 0.3) is 0 Å². The van der Waals surface area contributed by atoms with Crippen LogP contribution in [0, 0.1) is 12.8 Å². The lowest BCUT2D eigenvalue weighted by Gasteiger charge is -2.22. The Morgan fingerprint density at radius 1 is 1.18 bits per heavy atom. The first-order valence-electron chi connectivity index (χ1n) is 11.2. The molecule has 10 nitrogen and oxygen atoms in total. The number of carbonyl (C=O) groups is 2. The Kier molecular flexibility index (Phi) is 8.56. The number of aromatic nitrogens is 2. The summed E-state index contributed by atoms with van der Waals surface area (Å²) in [6, 6.07) is 6.02. The van der Waals surface area contributed by atoms with Gasteiger partial charge in [0.1, 0.15) is 0 Å². The second kappa shape index (κ2) is 11.4. The molecule has 1 aliphatic rings. The Morgan fingerprint density at radius 3 is 2.55 bits per heavy atom. The summed E-state index contributed by atoms with van der Waals surface area (Å²) in [6.45, 7) is 1.82. The summed E-state index contributed by atoms with van der Waals surface area (Å²) in [6.07, 6.45) is 8.52. The quantitative estimate of drug-likeness (QED) is 0.348. The number of nitrogens with one attached hydrogen (secondary N) is 2. The molecule has 2 amide bonds. The lowest BCUT2D eigenvalue weighted by molar-refractivity contribution is -0.129. The van der Waals surface area contributed by atoms with Crippen molar-refractivity contribution in [2.24, 2.45) is 5.92 Å². The van der Waals surface area contributed by atoms with Gasteiger partial charge in [0.2, 0.25) is 11.8 Å². The Balaban J connectivity index is 1.65. The second-order valence-electron chi connectivity index (χ2n) is 8.57. The molecule has 0 spiro atoms. The van der Waals surface area contributed by atoms with Crippen LogP contribution in [0.2, 0.25) is 0 Å². The van der Waals surface area contributed by atoms with Crippen LogP contribution in [0.1, 0.15) is 85.8 Å². The molecule has 180 valence electrons. The van der Waals surface area contributed by atoms with E-state index in [9.17, 15) is 18.0 Å². The van der Waals surface area contributed by atoms with Crippen molar-refractivity contribution in [2.75, 3.05) is 0 Å². The molecule has 3 N–H and O–H groups in total. The number of carbonyl (C=O) groups excluding carboxylic acids is 2. The maximum atomic E-state index is 12.4. The van der Waals surface area contributed by atoms with Gasteiger partial charge in [0.05, 0.1) is 4.90 Å². The molecule has 1 aromatic heterocycles. The van der Waals surface area contributed by atoms with Crippen molar-refractivity contribution < 1.29 is 27.7 Å². The van der Waals surface area contributed by atoms with Crippen LogP contribution in [-0.4, -0.2) is 35.6 Å². The number of sulfonamides is 1. The molecular weight excluding hydrogens is 448 g/mol. The zero-order valence-corrected chi connectivity index (χ0v) is 19.4. The lowest BCUT2D eigenvalue weighted by atomic mass is 9.84. The molecule has 1 aromatic carbocycles. The van der Waals surface area contributed by atoms with E-state index >= 15 is 0 Å². The fourth-order valence-corrected chi connectivity index (χ4v) is 5.10. The highest BCUT2D eigenvalue weighted by Gasteiger charge is 2.27. The van der Waals surface area contributed by atoms with E-state index in [1.165, 1.54) is 44.2 Å². The van der Waals surface area contributed by atoms with Gasteiger partial charge >= 0.3 is 5.91 Å². The van der Waals surface area contributed by atoms with E-state index in [2.05, 4.69) is 10.1 Å². The molecule has 0 aliphatic heterocycles. The van der Waals surface area contributed by atoms with Gasteiger partial charge in [0.15, 0.2) is 0 Å². The Bertz CT molecular complexity index is 1050. The van der Waals surface area contributed by atoms with Crippen LogP contribution >= 0.6 is 0 Å². The molecule has 2 aromatic rings. The van der Waals surface area contributed by atoms with E-state index in [-0.39, 0.29) is 17.2 Å². The SMILES string of the molecule is Cc1ccc(S(=O)(=O)NC(=O)c2noc([C@@H](CCCC3CCCCC3)CC(=O)NO)n2)cc1. The van der Waals surface area contributed by atoms with E-state index in [1.807, 2.05) is 11.6 Å². The van der Waals surface area contributed by atoms with Gasteiger partial charge in [-0.25, -0.2) is 18.6 Å².